The number of benzene rings is 1. The van der Waals surface area contributed by atoms with Crippen LogP contribution in [0.3, 0.4) is 0 Å². The van der Waals surface area contributed by atoms with Crippen LogP contribution in [0.25, 0.3) is 0 Å². The average Bonchev–Trinajstić information content (AvgIpc) is 2.16. The third-order valence-corrected chi connectivity index (χ3v) is 2.03. The molecule has 0 aromatic heterocycles. The van der Waals surface area contributed by atoms with E-state index >= 15 is 0 Å². The molecule has 1 unspecified atom stereocenters. The summed E-state index contributed by atoms with van der Waals surface area (Å²) in [6, 6.07) is 7.13. The maximum atomic E-state index is 11.7. The summed E-state index contributed by atoms with van der Waals surface area (Å²) in [6.07, 6.45) is 0. The molecule has 1 N–H and O–H groups in total. The minimum atomic E-state index is -0.460. The highest BCUT2D eigenvalue weighted by molar-refractivity contribution is 5.94. The molecule has 0 fully saturated rings. The van der Waals surface area contributed by atoms with E-state index in [0.29, 0.717) is 5.56 Å². The minimum Gasteiger partial charge on any atom is -0.337 e. The topological polar surface area (TPSA) is 52.9 Å². The van der Waals surface area contributed by atoms with Gasteiger partial charge in [-0.15, -0.1) is 0 Å². The van der Waals surface area contributed by atoms with E-state index in [0.717, 1.165) is 11.1 Å². The molecular weight excluding hydrogens is 188 g/mol. The largest absolute Gasteiger partial charge is 0.337 e. The third kappa shape index (κ3) is 3.10. The molecule has 1 amide bonds. The monoisotopic (exact) mass is 202 g/mol. The first kappa shape index (κ1) is 11.3. The highest BCUT2D eigenvalue weighted by Crippen LogP contribution is 2.08. The molecule has 0 aliphatic heterocycles. The van der Waals surface area contributed by atoms with Crippen molar-refractivity contribution in [2.75, 3.05) is 0 Å². The van der Waals surface area contributed by atoms with Gasteiger partial charge >= 0.3 is 0 Å². The summed E-state index contributed by atoms with van der Waals surface area (Å²) in [7, 11) is 0. The molecule has 0 saturated carbocycles. The Morgan fingerprint density at radius 3 is 2.33 bits per heavy atom. The Morgan fingerprint density at radius 1 is 1.33 bits per heavy atom. The molecule has 0 aliphatic carbocycles. The number of nitrogens with zero attached hydrogens (tertiary/aromatic N) is 1. The van der Waals surface area contributed by atoms with Gasteiger partial charge in [0.2, 0.25) is 0 Å². The fraction of sp³-hybridized carbons (Fsp3) is 0.333. The van der Waals surface area contributed by atoms with Crippen molar-refractivity contribution < 1.29 is 4.79 Å². The average molecular weight is 202 g/mol. The van der Waals surface area contributed by atoms with Gasteiger partial charge in [-0.3, -0.25) is 4.79 Å². The van der Waals surface area contributed by atoms with E-state index in [2.05, 4.69) is 5.32 Å². The van der Waals surface area contributed by atoms with Crippen LogP contribution in [0.15, 0.2) is 18.2 Å². The van der Waals surface area contributed by atoms with E-state index in [9.17, 15) is 4.79 Å². The molecule has 0 spiro atoms. The second-order valence-electron chi connectivity index (χ2n) is 3.70. The van der Waals surface area contributed by atoms with Gasteiger partial charge in [0.15, 0.2) is 0 Å². The van der Waals surface area contributed by atoms with Crippen molar-refractivity contribution in [3.05, 3.63) is 34.9 Å². The molecule has 1 atom stereocenters. The SMILES string of the molecule is Cc1cc(C)cc(C(=O)NC(C)C#N)c1. The minimum absolute atomic E-state index is 0.198. The molecule has 78 valence electrons. The number of hydrogen-bond acceptors (Lipinski definition) is 2. The lowest BCUT2D eigenvalue weighted by molar-refractivity contribution is 0.0947. The van der Waals surface area contributed by atoms with Crippen LogP contribution in [-0.2, 0) is 0 Å². The molecule has 0 saturated heterocycles. The van der Waals surface area contributed by atoms with E-state index in [1.54, 1.807) is 6.92 Å². The zero-order valence-electron chi connectivity index (χ0n) is 9.16. The maximum Gasteiger partial charge on any atom is 0.252 e. The van der Waals surface area contributed by atoms with Crippen molar-refractivity contribution >= 4 is 5.91 Å². The molecule has 0 aliphatic rings. The van der Waals surface area contributed by atoms with E-state index in [-0.39, 0.29) is 5.91 Å². The quantitative estimate of drug-likeness (QED) is 0.796. The molecule has 1 aromatic rings. The Balaban J connectivity index is 2.88. The summed E-state index contributed by atoms with van der Waals surface area (Å²) < 4.78 is 0. The summed E-state index contributed by atoms with van der Waals surface area (Å²) in [5, 5.41) is 11.2. The summed E-state index contributed by atoms with van der Waals surface area (Å²) in [4.78, 5) is 11.7. The molecule has 0 radical (unpaired) electrons. The number of hydrogen-bond donors (Lipinski definition) is 1. The van der Waals surface area contributed by atoms with Crippen LogP contribution in [0.4, 0.5) is 0 Å². The summed E-state index contributed by atoms with van der Waals surface area (Å²) in [5.74, 6) is -0.198. The second-order valence-corrected chi connectivity index (χ2v) is 3.70. The Hall–Kier alpha value is -1.82. The van der Waals surface area contributed by atoms with Crippen molar-refractivity contribution in [2.45, 2.75) is 26.8 Å². The number of carbonyl (C=O) groups is 1. The van der Waals surface area contributed by atoms with Crippen molar-refractivity contribution in [3.8, 4) is 6.07 Å². The summed E-state index contributed by atoms with van der Waals surface area (Å²) in [5.41, 5.74) is 2.70. The smallest absolute Gasteiger partial charge is 0.252 e. The van der Waals surface area contributed by atoms with Gasteiger partial charge in [-0.2, -0.15) is 5.26 Å². The number of amides is 1. The molecular formula is C12H14N2O. The lowest BCUT2D eigenvalue weighted by Crippen LogP contribution is -2.31. The van der Waals surface area contributed by atoms with Crippen LogP contribution in [0, 0.1) is 25.2 Å². The Bertz CT molecular complexity index is 398. The van der Waals surface area contributed by atoms with Crippen LogP contribution < -0.4 is 5.32 Å². The van der Waals surface area contributed by atoms with Crippen LogP contribution in [0.1, 0.15) is 28.4 Å². The fourth-order valence-corrected chi connectivity index (χ4v) is 1.42. The van der Waals surface area contributed by atoms with Gasteiger partial charge in [0.25, 0.3) is 5.91 Å². The van der Waals surface area contributed by atoms with E-state index in [4.69, 9.17) is 5.26 Å². The predicted octanol–water partition coefficient (Wildman–Crippen LogP) is 1.95. The predicted molar refractivity (Wildman–Crippen MR) is 58.5 cm³/mol. The Kier molecular flexibility index (Phi) is 3.46. The van der Waals surface area contributed by atoms with Crippen LogP contribution in [0.2, 0.25) is 0 Å². The fourth-order valence-electron chi connectivity index (χ4n) is 1.42. The number of nitriles is 1. The van der Waals surface area contributed by atoms with Gasteiger partial charge in [-0.25, -0.2) is 0 Å². The number of aryl methyl sites for hydroxylation is 2. The van der Waals surface area contributed by atoms with E-state index in [1.165, 1.54) is 0 Å². The first-order chi connectivity index (χ1) is 7.02. The van der Waals surface area contributed by atoms with Gasteiger partial charge in [-0.1, -0.05) is 17.2 Å². The van der Waals surface area contributed by atoms with Crippen LogP contribution in [0.5, 0.6) is 0 Å². The van der Waals surface area contributed by atoms with Gasteiger partial charge in [0.1, 0.15) is 6.04 Å². The van der Waals surface area contributed by atoms with E-state index in [1.807, 2.05) is 38.1 Å². The van der Waals surface area contributed by atoms with Crippen molar-refractivity contribution in [1.82, 2.24) is 5.32 Å². The molecule has 3 nitrogen and oxygen atoms in total. The molecule has 3 heteroatoms. The highest BCUT2D eigenvalue weighted by Gasteiger charge is 2.09. The number of rotatable bonds is 2. The van der Waals surface area contributed by atoms with Gasteiger partial charge < -0.3 is 5.32 Å². The Morgan fingerprint density at radius 2 is 1.87 bits per heavy atom. The van der Waals surface area contributed by atoms with Gasteiger partial charge in [-0.05, 0) is 32.9 Å². The first-order valence-electron chi connectivity index (χ1n) is 4.81. The molecule has 15 heavy (non-hydrogen) atoms. The molecule has 0 bridgehead atoms. The molecule has 1 aromatic carbocycles. The summed E-state index contributed by atoms with van der Waals surface area (Å²) >= 11 is 0. The highest BCUT2D eigenvalue weighted by atomic mass is 16.1. The zero-order chi connectivity index (χ0) is 11.4. The molecule has 1 rings (SSSR count). The van der Waals surface area contributed by atoms with Crippen molar-refractivity contribution in [3.63, 3.8) is 0 Å². The lowest BCUT2D eigenvalue weighted by Gasteiger charge is -2.07. The van der Waals surface area contributed by atoms with Crippen molar-refractivity contribution in [1.29, 1.82) is 5.26 Å². The van der Waals surface area contributed by atoms with Gasteiger partial charge in [0.05, 0.1) is 6.07 Å². The van der Waals surface area contributed by atoms with Crippen LogP contribution in [-0.4, -0.2) is 11.9 Å². The standard InChI is InChI=1S/C12H14N2O/c1-8-4-9(2)6-11(5-8)12(15)14-10(3)7-13/h4-6,10H,1-3H3,(H,14,15). The second kappa shape index (κ2) is 4.61. The zero-order valence-corrected chi connectivity index (χ0v) is 9.16. The number of nitrogens with one attached hydrogen (secondary N) is 1. The lowest BCUT2D eigenvalue weighted by atomic mass is 10.1. The van der Waals surface area contributed by atoms with Crippen LogP contribution >= 0.6 is 0 Å². The summed E-state index contributed by atoms with van der Waals surface area (Å²) in [6.45, 7) is 5.54. The maximum absolute atomic E-state index is 11.7. The third-order valence-electron chi connectivity index (χ3n) is 2.03. The number of carbonyl (C=O) groups excluding carboxylic acids is 1. The first-order valence-corrected chi connectivity index (χ1v) is 4.81. The van der Waals surface area contributed by atoms with Crippen molar-refractivity contribution in [2.24, 2.45) is 0 Å². The normalized spacial score (nSPS) is 11.6. The van der Waals surface area contributed by atoms with Gasteiger partial charge in [0, 0.05) is 5.56 Å². The van der Waals surface area contributed by atoms with E-state index < -0.39 is 6.04 Å². The Labute approximate surface area is 89.7 Å². The molecule has 0 heterocycles.